The molecule has 2 rings (SSSR count). The van der Waals surface area contributed by atoms with E-state index in [4.69, 9.17) is 0 Å². The molecule has 0 aromatic heterocycles. The van der Waals surface area contributed by atoms with E-state index in [1.807, 2.05) is 6.92 Å². The van der Waals surface area contributed by atoms with Crippen molar-refractivity contribution in [2.24, 2.45) is 23.7 Å². The number of ketones is 1. The van der Waals surface area contributed by atoms with Crippen LogP contribution in [0.2, 0.25) is 0 Å². The standard InChI is InChI=1S/C15H22O/c1-9(2)12-6-5-10(3)13-8-15(16)11(4)7-14(12)13/h7,9,12-14H,3,5-6,8H2,1-2,4H3/t12-,13+,14-/m0/s1. The summed E-state index contributed by atoms with van der Waals surface area (Å²) in [6, 6.07) is 0. The van der Waals surface area contributed by atoms with E-state index in [1.54, 1.807) is 0 Å². The smallest absolute Gasteiger partial charge is 0.158 e. The van der Waals surface area contributed by atoms with Gasteiger partial charge in [0, 0.05) is 6.42 Å². The largest absolute Gasteiger partial charge is 0.295 e. The van der Waals surface area contributed by atoms with Gasteiger partial charge in [-0.2, -0.15) is 0 Å². The highest BCUT2D eigenvalue weighted by atomic mass is 16.1. The van der Waals surface area contributed by atoms with Crippen molar-refractivity contribution in [3.05, 3.63) is 23.8 Å². The van der Waals surface area contributed by atoms with Crippen molar-refractivity contribution >= 4 is 5.78 Å². The van der Waals surface area contributed by atoms with Crippen molar-refractivity contribution in [2.45, 2.75) is 40.0 Å². The molecule has 1 nitrogen and oxygen atoms in total. The van der Waals surface area contributed by atoms with Crippen LogP contribution in [0.1, 0.15) is 40.0 Å². The van der Waals surface area contributed by atoms with Crippen LogP contribution in [0.4, 0.5) is 0 Å². The van der Waals surface area contributed by atoms with Crippen molar-refractivity contribution in [3.8, 4) is 0 Å². The zero-order valence-electron chi connectivity index (χ0n) is 10.6. The molecule has 2 aliphatic carbocycles. The molecule has 1 fully saturated rings. The molecule has 16 heavy (non-hydrogen) atoms. The van der Waals surface area contributed by atoms with Gasteiger partial charge in [-0.1, -0.05) is 32.1 Å². The summed E-state index contributed by atoms with van der Waals surface area (Å²) in [5.41, 5.74) is 2.28. The van der Waals surface area contributed by atoms with Crippen LogP contribution in [0, 0.1) is 23.7 Å². The van der Waals surface area contributed by atoms with Crippen molar-refractivity contribution in [3.63, 3.8) is 0 Å². The molecule has 0 amide bonds. The van der Waals surface area contributed by atoms with E-state index in [0.29, 0.717) is 30.0 Å². The fourth-order valence-corrected chi connectivity index (χ4v) is 3.34. The average molecular weight is 218 g/mol. The zero-order valence-corrected chi connectivity index (χ0v) is 10.6. The Morgan fingerprint density at radius 2 is 2.12 bits per heavy atom. The first-order valence-corrected chi connectivity index (χ1v) is 6.40. The van der Waals surface area contributed by atoms with E-state index < -0.39 is 0 Å². The summed E-state index contributed by atoms with van der Waals surface area (Å²) in [7, 11) is 0. The Kier molecular flexibility index (Phi) is 3.05. The molecule has 88 valence electrons. The minimum Gasteiger partial charge on any atom is -0.295 e. The van der Waals surface area contributed by atoms with Gasteiger partial charge in [0.1, 0.15) is 0 Å². The third-order valence-electron chi connectivity index (χ3n) is 4.43. The molecule has 0 N–H and O–H groups in total. The van der Waals surface area contributed by atoms with Crippen LogP contribution in [0.15, 0.2) is 23.8 Å². The van der Waals surface area contributed by atoms with Crippen molar-refractivity contribution < 1.29 is 4.79 Å². The molecule has 0 aromatic carbocycles. The lowest BCUT2D eigenvalue weighted by molar-refractivity contribution is -0.117. The monoisotopic (exact) mass is 218 g/mol. The number of Topliss-reactive ketones (excluding diaryl/α,β-unsaturated/α-hetero) is 1. The second-order valence-corrected chi connectivity index (χ2v) is 5.77. The van der Waals surface area contributed by atoms with Gasteiger partial charge in [0.05, 0.1) is 0 Å². The maximum Gasteiger partial charge on any atom is 0.158 e. The molecule has 0 bridgehead atoms. The topological polar surface area (TPSA) is 17.1 Å². The minimum absolute atomic E-state index is 0.326. The SMILES string of the molecule is C=C1CC[C@@H](C(C)C)[C@@H]2C=C(C)C(=O)C[C@H]12. The summed E-state index contributed by atoms with van der Waals surface area (Å²) >= 11 is 0. The highest BCUT2D eigenvalue weighted by Crippen LogP contribution is 2.46. The van der Waals surface area contributed by atoms with Gasteiger partial charge in [0.2, 0.25) is 0 Å². The molecule has 0 heterocycles. The number of rotatable bonds is 1. The summed E-state index contributed by atoms with van der Waals surface area (Å²) in [5.74, 6) is 2.76. The van der Waals surface area contributed by atoms with Gasteiger partial charge in [-0.3, -0.25) is 4.79 Å². The van der Waals surface area contributed by atoms with Gasteiger partial charge >= 0.3 is 0 Å². The molecule has 0 aliphatic heterocycles. The van der Waals surface area contributed by atoms with E-state index in [0.717, 1.165) is 17.9 Å². The highest BCUT2D eigenvalue weighted by molar-refractivity contribution is 5.96. The number of carbonyl (C=O) groups is 1. The number of carbonyl (C=O) groups excluding carboxylic acids is 1. The first kappa shape index (κ1) is 11.6. The zero-order chi connectivity index (χ0) is 11.9. The second kappa shape index (κ2) is 4.20. The van der Waals surface area contributed by atoms with Gasteiger partial charge < -0.3 is 0 Å². The third-order valence-corrected chi connectivity index (χ3v) is 4.43. The second-order valence-electron chi connectivity index (χ2n) is 5.77. The Morgan fingerprint density at radius 3 is 2.75 bits per heavy atom. The van der Waals surface area contributed by atoms with Crippen LogP contribution < -0.4 is 0 Å². The summed E-state index contributed by atoms with van der Waals surface area (Å²) in [6.45, 7) is 10.7. The highest BCUT2D eigenvalue weighted by Gasteiger charge is 2.39. The first-order chi connectivity index (χ1) is 7.50. The normalized spacial score (nSPS) is 35.0. The van der Waals surface area contributed by atoms with Crippen LogP contribution >= 0.6 is 0 Å². The van der Waals surface area contributed by atoms with E-state index >= 15 is 0 Å². The van der Waals surface area contributed by atoms with Gasteiger partial charge in [-0.25, -0.2) is 0 Å². The molecule has 3 atom stereocenters. The molecule has 1 saturated carbocycles. The van der Waals surface area contributed by atoms with Crippen LogP contribution in [-0.2, 0) is 4.79 Å². The molecular weight excluding hydrogens is 196 g/mol. The molecule has 0 radical (unpaired) electrons. The Morgan fingerprint density at radius 1 is 1.44 bits per heavy atom. The van der Waals surface area contributed by atoms with Gasteiger partial charge in [0.15, 0.2) is 5.78 Å². The Bertz CT molecular complexity index is 348. The van der Waals surface area contributed by atoms with Crippen LogP contribution in [0.3, 0.4) is 0 Å². The van der Waals surface area contributed by atoms with Gasteiger partial charge in [-0.15, -0.1) is 0 Å². The molecule has 1 heteroatoms. The molecule has 0 unspecified atom stereocenters. The Hall–Kier alpha value is -0.850. The quantitative estimate of drug-likeness (QED) is 0.612. The van der Waals surface area contributed by atoms with Crippen molar-refractivity contribution in [1.82, 2.24) is 0 Å². The summed E-state index contributed by atoms with van der Waals surface area (Å²) in [6.07, 6.45) is 5.29. The van der Waals surface area contributed by atoms with Gasteiger partial charge in [-0.05, 0) is 49.0 Å². The fraction of sp³-hybridized carbons (Fsp3) is 0.667. The maximum atomic E-state index is 11.8. The molecule has 2 aliphatic rings. The lowest BCUT2D eigenvalue weighted by Crippen LogP contribution is -2.35. The fourth-order valence-electron chi connectivity index (χ4n) is 3.34. The number of fused-ring (bicyclic) bond motifs is 1. The molecule has 0 aromatic rings. The van der Waals surface area contributed by atoms with Crippen LogP contribution in [0.25, 0.3) is 0 Å². The molecular formula is C15H22O. The van der Waals surface area contributed by atoms with Crippen molar-refractivity contribution in [1.29, 1.82) is 0 Å². The van der Waals surface area contributed by atoms with Crippen LogP contribution in [-0.4, -0.2) is 5.78 Å². The van der Waals surface area contributed by atoms with E-state index in [1.165, 1.54) is 12.0 Å². The lowest BCUT2D eigenvalue weighted by Gasteiger charge is -2.42. The first-order valence-electron chi connectivity index (χ1n) is 6.40. The minimum atomic E-state index is 0.326. The Balaban J connectivity index is 2.31. The summed E-state index contributed by atoms with van der Waals surface area (Å²) in [5, 5.41) is 0. The summed E-state index contributed by atoms with van der Waals surface area (Å²) in [4.78, 5) is 11.8. The van der Waals surface area contributed by atoms with Crippen LogP contribution in [0.5, 0.6) is 0 Å². The van der Waals surface area contributed by atoms with E-state index in [-0.39, 0.29) is 0 Å². The lowest BCUT2D eigenvalue weighted by atomic mass is 9.62. The summed E-state index contributed by atoms with van der Waals surface area (Å²) < 4.78 is 0. The third kappa shape index (κ3) is 1.88. The van der Waals surface area contributed by atoms with Crippen molar-refractivity contribution in [2.75, 3.05) is 0 Å². The maximum absolute atomic E-state index is 11.8. The van der Waals surface area contributed by atoms with E-state index in [2.05, 4.69) is 26.5 Å². The predicted octanol–water partition coefficient (Wildman–Crippen LogP) is 3.76. The average Bonchev–Trinajstić information content (AvgIpc) is 2.21. The number of allylic oxidation sites excluding steroid dienone is 3. The van der Waals surface area contributed by atoms with E-state index in [9.17, 15) is 4.79 Å². The molecule has 0 spiro atoms. The Labute approximate surface area is 98.6 Å². The predicted molar refractivity (Wildman–Crippen MR) is 67.1 cm³/mol. The molecule has 0 saturated heterocycles. The number of hydrogen-bond acceptors (Lipinski definition) is 1. The van der Waals surface area contributed by atoms with Gasteiger partial charge in [0.25, 0.3) is 0 Å². The number of hydrogen-bond donors (Lipinski definition) is 0.